The predicted molar refractivity (Wildman–Crippen MR) is 113 cm³/mol. The van der Waals surface area contributed by atoms with Crippen LogP contribution < -0.4 is 10.1 Å². The molecule has 1 N–H and O–H groups in total. The maximum Gasteiger partial charge on any atom is 0.251 e. The lowest BCUT2D eigenvalue weighted by Crippen LogP contribution is -2.19. The Morgan fingerprint density at radius 1 is 1.10 bits per heavy atom. The van der Waals surface area contributed by atoms with E-state index in [0.717, 1.165) is 39.9 Å². The van der Waals surface area contributed by atoms with Crippen molar-refractivity contribution in [2.24, 2.45) is 7.05 Å². The van der Waals surface area contributed by atoms with Gasteiger partial charge in [0, 0.05) is 48.9 Å². The number of carbonyl (C=O) groups is 1. The fourth-order valence-corrected chi connectivity index (χ4v) is 3.36. The predicted octanol–water partition coefficient (Wildman–Crippen LogP) is 4.35. The number of aryl methyl sites for hydroxylation is 2. The van der Waals surface area contributed by atoms with Gasteiger partial charge >= 0.3 is 0 Å². The number of carbonyl (C=O) groups excluding carboxylic acids is 1. The van der Waals surface area contributed by atoms with Crippen molar-refractivity contribution in [2.75, 3.05) is 7.05 Å². The fraction of sp³-hybridized carbons (Fsp3) is 0.174. The summed E-state index contributed by atoms with van der Waals surface area (Å²) >= 11 is 0. The van der Waals surface area contributed by atoms with Gasteiger partial charge in [-0.3, -0.25) is 14.5 Å². The van der Waals surface area contributed by atoms with Crippen molar-refractivity contribution in [1.82, 2.24) is 20.1 Å². The molecule has 4 rings (SSSR count). The molecular weight excluding hydrogens is 364 g/mol. The number of nitrogens with zero attached hydrogens (tertiary/aromatic N) is 3. The molecule has 0 unspecified atom stereocenters. The SMILES string of the molecule is CCc1cc(-c2cc(Oc3ccc4cnn(C)c4c3)ccn2)ccc1C(=O)NC. The van der Waals surface area contributed by atoms with Crippen LogP contribution in [0.15, 0.2) is 60.9 Å². The summed E-state index contributed by atoms with van der Waals surface area (Å²) < 4.78 is 7.88. The molecule has 6 heteroatoms. The van der Waals surface area contributed by atoms with Crippen LogP contribution in [0.2, 0.25) is 0 Å². The van der Waals surface area contributed by atoms with E-state index in [1.165, 1.54) is 0 Å². The number of pyridine rings is 1. The smallest absolute Gasteiger partial charge is 0.251 e. The van der Waals surface area contributed by atoms with Gasteiger partial charge < -0.3 is 10.1 Å². The van der Waals surface area contributed by atoms with E-state index in [4.69, 9.17) is 4.74 Å². The number of hydrogen-bond acceptors (Lipinski definition) is 4. The Bertz CT molecular complexity index is 1200. The van der Waals surface area contributed by atoms with Gasteiger partial charge in [0.25, 0.3) is 5.91 Å². The summed E-state index contributed by atoms with van der Waals surface area (Å²) in [6.07, 6.45) is 4.32. The Morgan fingerprint density at radius 3 is 2.72 bits per heavy atom. The normalized spacial score (nSPS) is 10.9. The van der Waals surface area contributed by atoms with Crippen LogP contribution in [-0.4, -0.2) is 27.7 Å². The van der Waals surface area contributed by atoms with Crippen LogP contribution in [0.25, 0.3) is 22.2 Å². The lowest BCUT2D eigenvalue weighted by Gasteiger charge is -2.11. The van der Waals surface area contributed by atoms with E-state index in [2.05, 4.69) is 15.4 Å². The molecule has 146 valence electrons. The van der Waals surface area contributed by atoms with E-state index in [-0.39, 0.29) is 5.91 Å². The highest BCUT2D eigenvalue weighted by Crippen LogP contribution is 2.29. The molecule has 4 aromatic rings. The van der Waals surface area contributed by atoms with Gasteiger partial charge in [0.05, 0.1) is 17.4 Å². The van der Waals surface area contributed by atoms with Gasteiger partial charge in [-0.1, -0.05) is 13.0 Å². The minimum absolute atomic E-state index is 0.0796. The van der Waals surface area contributed by atoms with Gasteiger partial charge in [0.15, 0.2) is 0 Å². The van der Waals surface area contributed by atoms with Crippen LogP contribution in [0, 0.1) is 0 Å². The quantitative estimate of drug-likeness (QED) is 0.554. The highest BCUT2D eigenvalue weighted by molar-refractivity contribution is 5.96. The largest absolute Gasteiger partial charge is 0.457 e. The zero-order valence-corrected chi connectivity index (χ0v) is 16.6. The molecule has 0 saturated heterocycles. The first-order valence-corrected chi connectivity index (χ1v) is 9.50. The summed E-state index contributed by atoms with van der Waals surface area (Å²) in [7, 11) is 3.55. The monoisotopic (exact) mass is 386 g/mol. The lowest BCUT2D eigenvalue weighted by atomic mass is 9.99. The molecule has 1 amide bonds. The molecule has 2 aromatic carbocycles. The average Bonchev–Trinajstić information content (AvgIpc) is 3.13. The number of nitrogens with one attached hydrogen (secondary N) is 1. The van der Waals surface area contributed by atoms with Crippen LogP contribution in [-0.2, 0) is 13.5 Å². The van der Waals surface area contributed by atoms with Crippen molar-refractivity contribution in [3.05, 3.63) is 72.1 Å². The number of hydrogen-bond donors (Lipinski definition) is 1. The molecule has 2 heterocycles. The van der Waals surface area contributed by atoms with Crippen molar-refractivity contribution < 1.29 is 9.53 Å². The molecule has 0 radical (unpaired) electrons. The molecule has 0 saturated carbocycles. The van der Waals surface area contributed by atoms with Crippen molar-refractivity contribution in [2.45, 2.75) is 13.3 Å². The third kappa shape index (κ3) is 3.69. The van der Waals surface area contributed by atoms with Gasteiger partial charge in [0.1, 0.15) is 11.5 Å². The van der Waals surface area contributed by atoms with Crippen LogP contribution in [0.4, 0.5) is 0 Å². The topological polar surface area (TPSA) is 69.0 Å². The summed E-state index contributed by atoms with van der Waals surface area (Å²) in [6.45, 7) is 2.03. The Kier molecular flexibility index (Phi) is 4.99. The summed E-state index contributed by atoms with van der Waals surface area (Å²) in [6, 6.07) is 15.4. The highest BCUT2D eigenvalue weighted by Gasteiger charge is 2.11. The summed E-state index contributed by atoms with van der Waals surface area (Å²) in [5.74, 6) is 1.36. The first-order valence-electron chi connectivity index (χ1n) is 9.50. The first kappa shape index (κ1) is 18.7. The second-order valence-electron chi connectivity index (χ2n) is 6.77. The molecule has 0 aliphatic carbocycles. The number of benzene rings is 2. The third-order valence-corrected chi connectivity index (χ3v) is 4.94. The minimum Gasteiger partial charge on any atom is -0.457 e. The van der Waals surface area contributed by atoms with Crippen LogP contribution >= 0.6 is 0 Å². The van der Waals surface area contributed by atoms with E-state index in [0.29, 0.717) is 11.3 Å². The number of aromatic nitrogens is 3. The van der Waals surface area contributed by atoms with Gasteiger partial charge in [-0.2, -0.15) is 5.10 Å². The summed E-state index contributed by atoms with van der Waals surface area (Å²) in [5, 5.41) is 8.02. The number of rotatable bonds is 5. The van der Waals surface area contributed by atoms with Crippen molar-refractivity contribution in [1.29, 1.82) is 0 Å². The van der Waals surface area contributed by atoms with Gasteiger partial charge in [-0.05, 0) is 42.3 Å². The molecule has 0 aliphatic rings. The Morgan fingerprint density at radius 2 is 1.93 bits per heavy atom. The number of fused-ring (bicyclic) bond motifs is 1. The van der Waals surface area contributed by atoms with Crippen LogP contribution in [0.5, 0.6) is 11.5 Å². The van der Waals surface area contributed by atoms with Crippen molar-refractivity contribution in [3.8, 4) is 22.8 Å². The number of ether oxygens (including phenoxy) is 1. The molecule has 0 atom stereocenters. The second-order valence-corrected chi connectivity index (χ2v) is 6.77. The molecular formula is C23H22N4O2. The molecule has 0 spiro atoms. The molecule has 29 heavy (non-hydrogen) atoms. The van der Waals surface area contributed by atoms with Gasteiger partial charge in [-0.15, -0.1) is 0 Å². The van der Waals surface area contributed by atoms with E-state index >= 15 is 0 Å². The van der Waals surface area contributed by atoms with Crippen LogP contribution in [0.1, 0.15) is 22.8 Å². The summed E-state index contributed by atoms with van der Waals surface area (Å²) in [4.78, 5) is 16.5. The Balaban J connectivity index is 1.64. The van der Waals surface area contributed by atoms with Gasteiger partial charge in [0.2, 0.25) is 0 Å². The van der Waals surface area contributed by atoms with Crippen molar-refractivity contribution >= 4 is 16.8 Å². The maximum atomic E-state index is 12.0. The molecule has 0 fully saturated rings. The minimum atomic E-state index is -0.0796. The fourth-order valence-electron chi connectivity index (χ4n) is 3.36. The average molecular weight is 386 g/mol. The van der Waals surface area contributed by atoms with Crippen LogP contribution in [0.3, 0.4) is 0 Å². The lowest BCUT2D eigenvalue weighted by molar-refractivity contribution is 0.0962. The Labute approximate surface area is 169 Å². The highest BCUT2D eigenvalue weighted by atomic mass is 16.5. The number of amides is 1. The molecule has 6 nitrogen and oxygen atoms in total. The maximum absolute atomic E-state index is 12.0. The Hall–Kier alpha value is -3.67. The van der Waals surface area contributed by atoms with Gasteiger partial charge in [-0.25, -0.2) is 0 Å². The molecule has 0 bridgehead atoms. The zero-order chi connectivity index (χ0) is 20.4. The first-order chi connectivity index (χ1) is 14.1. The standard InChI is InChI=1S/C23H22N4O2/c1-4-15-11-16(6-8-20(15)23(28)24-2)21-12-19(9-10-25-21)29-18-7-5-17-14-26-27(3)22(17)13-18/h5-14H,4H2,1-3H3,(H,24,28). The van der Waals surface area contributed by atoms with Crippen molar-refractivity contribution in [3.63, 3.8) is 0 Å². The third-order valence-electron chi connectivity index (χ3n) is 4.94. The zero-order valence-electron chi connectivity index (χ0n) is 16.6. The van der Waals surface area contributed by atoms with E-state index in [9.17, 15) is 4.79 Å². The molecule has 0 aliphatic heterocycles. The molecule has 2 aromatic heterocycles. The van der Waals surface area contributed by atoms with E-state index in [1.807, 2.05) is 73.4 Å². The second kappa shape index (κ2) is 7.75. The van der Waals surface area contributed by atoms with E-state index in [1.54, 1.807) is 13.2 Å². The van der Waals surface area contributed by atoms with E-state index < -0.39 is 0 Å². The summed E-state index contributed by atoms with van der Waals surface area (Å²) in [5.41, 5.74) is 4.42.